The topological polar surface area (TPSA) is 91.4 Å². The number of ether oxygens (including phenoxy) is 2. The van der Waals surface area contributed by atoms with E-state index in [4.69, 9.17) is 9.47 Å². The van der Waals surface area contributed by atoms with Crippen molar-refractivity contribution in [1.29, 1.82) is 0 Å². The Kier molecular flexibility index (Phi) is 4.48. The fourth-order valence-corrected chi connectivity index (χ4v) is 5.07. The Hall–Kier alpha value is -2.97. The quantitative estimate of drug-likeness (QED) is 0.749. The molecule has 4 heterocycles. The van der Waals surface area contributed by atoms with Crippen molar-refractivity contribution >= 4 is 23.7 Å². The standard InChI is InChI=1S/C21H26N4O5/c1-2-24-18(26)15-12-21(13-25(15)20(24)28)5-7-23(8-6-21)19(27)22-14-3-4-16-17(11-14)30-10-9-29-16/h3-4,11,15H,2,5-10,12-13H2,1H3,(H,22,27). The van der Waals surface area contributed by atoms with Gasteiger partial charge in [-0.15, -0.1) is 0 Å². The van der Waals surface area contributed by atoms with Crippen LogP contribution >= 0.6 is 0 Å². The Morgan fingerprint density at radius 1 is 1.17 bits per heavy atom. The molecule has 0 bridgehead atoms. The number of nitrogens with one attached hydrogen (secondary N) is 1. The third-order valence-corrected chi connectivity index (χ3v) is 6.76. The maximum absolute atomic E-state index is 12.7. The van der Waals surface area contributed by atoms with Gasteiger partial charge >= 0.3 is 12.1 Å². The molecule has 1 aromatic rings. The van der Waals surface area contributed by atoms with Crippen LogP contribution in [0.5, 0.6) is 11.5 Å². The molecule has 0 aromatic heterocycles. The van der Waals surface area contributed by atoms with E-state index in [1.807, 2.05) is 6.92 Å². The minimum atomic E-state index is -0.324. The van der Waals surface area contributed by atoms with Gasteiger partial charge in [0.05, 0.1) is 0 Å². The Balaban J connectivity index is 1.19. The van der Waals surface area contributed by atoms with Gasteiger partial charge in [-0.2, -0.15) is 0 Å². The van der Waals surface area contributed by atoms with Crippen molar-refractivity contribution in [2.45, 2.75) is 32.2 Å². The molecule has 1 unspecified atom stereocenters. The molecule has 1 atom stereocenters. The number of fused-ring (bicyclic) bond motifs is 2. The molecule has 3 fully saturated rings. The summed E-state index contributed by atoms with van der Waals surface area (Å²) in [6.45, 7) is 5.10. The molecule has 1 N–H and O–H groups in total. The maximum atomic E-state index is 12.7. The van der Waals surface area contributed by atoms with Gasteiger partial charge < -0.3 is 24.6 Å². The number of benzene rings is 1. The fourth-order valence-electron chi connectivity index (χ4n) is 5.07. The van der Waals surface area contributed by atoms with Crippen LogP contribution in [0.3, 0.4) is 0 Å². The van der Waals surface area contributed by atoms with Gasteiger partial charge in [0.15, 0.2) is 11.5 Å². The first-order valence-electron chi connectivity index (χ1n) is 10.6. The van der Waals surface area contributed by atoms with Gasteiger partial charge in [0.25, 0.3) is 5.91 Å². The largest absolute Gasteiger partial charge is 0.486 e. The molecule has 0 saturated carbocycles. The summed E-state index contributed by atoms with van der Waals surface area (Å²) in [4.78, 5) is 42.6. The minimum absolute atomic E-state index is 0.0659. The monoisotopic (exact) mass is 414 g/mol. The number of nitrogens with zero attached hydrogens (tertiary/aromatic N) is 3. The van der Waals surface area contributed by atoms with Crippen molar-refractivity contribution in [1.82, 2.24) is 14.7 Å². The average Bonchev–Trinajstić information content (AvgIpc) is 3.22. The van der Waals surface area contributed by atoms with Crippen LogP contribution in [0.15, 0.2) is 18.2 Å². The van der Waals surface area contributed by atoms with E-state index in [9.17, 15) is 14.4 Å². The van der Waals surface area contributed by atoms with Crippen LogP contribution in [-0.4, -0.2) is 78.1 Å². The highest BCUT2D eigenvalue weighted by molar-refractivity contribution is 6.04. The molecule has 4 aliphatic rings. The summed E-state index contributed by atoms with van der Waals surface area (Å²) >= 11 is 0. The lowest BCUT2D eigenvalue weighted by atomic mass is 9.76. The van der Waals surface area contributed by atoms with Gasteiger partial charge in [0.1, 0.15) is 19.3 Å². The molecular formula is C21H26N4O5. The highest BCUT2D eigenvalue weighted by Crippen LogP contribution is 2.46. The normalized spacial score (nSPS) is 24.4. The van der Waals surface area contributed by atoms with Crippen molar-refractivity contribution in [3.8, 4) is 11.5 Å². The van der Waals surface area contributed by atoms with E-state index < -0.39 is 0 Å². The first-order chi connectivity index (χ1) is 14.5. The molecule has 0 aliphatic carbocycles. The zero-order valence-corrected chi connectivity index (χ0v) is 17.1. The zero-order valence-electron chi connectivity index (χ0n) is 17.1. The molecule has 0 radical (unpaired) electrons. The summed E-state index contributed by atoms with van der Waals surface area (Å²) in [7, 11) is 0. The number of hydrogen-bond acceptors (Lipinski definition) is 5. The number of amides is 5. The number of urea groups is 2. The molecule has 5 amide bonds. The lowest BCUT2D eigenvalue weighted by Gasteiger charge is -2.39. The van der Waals surface area contributed by atoms with Gasteiger partial charge in [-0.25, -0.2) is 9.59 Å². The van der Waals surface area contributed by atoms with Crippen LogP contribution in [0.1, 0.15) is 26.2 Å². The predicted octanol–water partition coefficient (Wildman–Crippen LogP) is 2.13. The summed E-state index contributed by atoms with van der Waals surface area (Å²) in [5, 5.41) is 2.93. The lowest BCUT2D eigenvalue weighted by Crippen LogP contribution is -2.47. The van der Waals surface area contributed by atoms with Gasteiger partial charge in [-0.1, -0.05) is 0 Å². The Morgan fingerprint density at radius 2 is 1.90 bits per heavy atom. The SMILES string of the molecule is CCN1C(=O)C2CC3(CCN(C(=O)Nc4ccc5c(c4)OCCO5)CC3)CN2C1=O. The van der Waals surface area contributed by atoms with E-state index in [1.165, 1.54) is 4.90 Å². The van der Waals surface area contributed by atoms with Gasteiger partial charge in [0, 0.05) is 37.9 Å². The summed E-state index contributed by atoms with van der Waals surface area (Å²) in [6.07, 6.45) is 2.29. The predicted molar refractivity (Wildman–Crippen MR) is 108 cm³/mol. The summed E-state index contributed by atoms with van der Waals surface area (Å²) in [5.74, 6) is 1.25. The fraction of sp³-hybridized carbons (Fsp3) is 0.571. The second-order valence-corrected chi connectivity index (χ2v) is 8.49. The smallest absolute Gasteiger partial charge is 0.327 e. The van der Waals surface area contributed by atoms with E-state index in [0.717, 1.165) is 12.8 Å². The van der Waals surface area contributed by atoms with Crippen LogP contribution in [0, 0.1) is 5.41 Å². The van der Waals surface area contributed by atoms with Crippen LogP contribution in [0.25, 0.3) is 0 Å². The number of piperidine rings is 1. The number of hydrogen-bond donors (Lipinski definition) is 1. The third-order valence-electron chi connectivity index (χ3n) is 6.76. The van der Waals surface area contributed by atoms with E-state index in [-0.39, 0.29) is 29.4 Å². The number of rotatable bonds is 2. The average molecular weight is 414 g/mol. The zero-order chi connectivity index (χ0) is 20.9. The number of likely N-dealkylation sites (N-methyl/N-ethyl adjacent to an activating group) is 1. The molecule has 9 nitrogen and oxygen atoms in total. The van der Waals surface area contributed by atoms with Crippen LogP contribution < -0.4 is 14.8 Å². The Morgan fingerprint density at radius 3 is 2.60 bits per heavy atom. The molecule has 1 spiro atoms. The second-order valence-electron chi connectivity index (χ2n) is 8.49. The molecule has 3 saturated heterocycles. The summed E-state index contributed by atoms with van der Waals surface area (Å²) < 4.78 is 11.1. The lowest BCUT2D eigenvalue weighted by molar-refractivity contribution is -0.128. The molecule has 1 aromatic carbocycles. The summed E-state index contributed by atoms with van der Waals surface area (Å²) in [6, 6.07) is 4.75. The number of carbonyl (C=O) groups excluding carboxylic acids is 3. The first-order valence-corrected chi connectivity index (χ1v) is 10.6. The van der Waals surface area contributed by atoms with E-state index in [2.05, 4.69) is 5.32 Å². The van der Waals surface area contributed by atoms with E-state index in [1.54, 1.807) is 28.0 Å². The van der Waals surface area contributed by atoms with Crippen LogP contribution in [-0.2, 0) is 4.79 Å². The summed E-state index contributed by atoms with van der Waals surface area (Å²) in [5.41, 5.74) is 0.603. The van der Waals surface area contributed by atoms with Crippen molar-refractivity contribution < 1.29 is 23.9 Å². The number of imide groups is 1. The van der Waals surface area contributed by atoms with Gasteiger partial charge in [-0.05, 0) is 43.7 Å². The molecule has 30 heavy (non-hydrogen) atoms. The van der Waals surface area contributed by atoms with E-state index in [0.29, 0.717) is 63.0 Å². The number of carbonyl (C=O) groups is 3. The molecule has 4 aliphatic heterocycles. The molecular weight excluding hydrogens is 388 g/mol. The van der Waals surface area contributed by atoms with Crippen molar-refractivity contribution in [2.75, 3.05) is 44.7 Å². The number of anilines is 1. The van der Waals surface area contributed by atoms with Crippen molar-refractivity contribution in [3.05, 3.63) is 18.2 Å². The third kappa shape index (κ3) is 3.03. The Bertz CT molecular complexity index is 869. The molecule has 160 valence electrons. The highest BCUT2D eigenvalue weighted by Gasteiger charge is 2.56. The molecule has 5 rings (SSSR count). The Labute approximate surface area is 174 Å². The van der Waals surface area contributed by atoms with Gasteiger partial charge in [0.2, 0.25) is 0 Å². The van der Waals surface area contributed by atoms with Crippen LogP contribution in [0.2, 0.25) is 0 Å². The molecule has 9 heteroatoms. The van der Waals surface area contributed by atoms with E-state index >= 15 is 0 Å². The van der Waals surface area contributed by atoms with Crippen molar-refractivity contribution in [3.63, 3.8) is 0 Å². The second kappa shape index (κ2) is 7.07. The highest BCUT2D eigenvalue weighted by atomic mass is 16.6. The number of likely N-dealkylation sites (tertiary alicyclic amines) is 1. The van der Waals surface area contributed by atoms with Crippen LogP contribution in [0.4, 0.5) is 15.3 Å². The minimum Gasteiger partial charge on any atom is -0.486 e. The first kappa shape index (κ1) is 19.0. The van der Waals surface area contributed by atoms with Crippen molar-refractivity contribution in [2.24, 2.45) is 5.41 Å². The van der Waals surface area contributed by atoms with Gasteiger partial charge in [-0.3, -0.25) is 9.69 Å². The maximum Gasteiger partial charge on any atom is 0.327 e.